The summed E-state index contributed by atoms with van der Waals surface area (Å²) in [5.74, 6) is -0.108. The predicted octanol–water partition coefficient (Wildman–Crippen LogP) is 6.24. The Bertz CT molecular complexity index is 856. The van der Waals surface area contributed by atoms with Crippen LogP contribution in [0.1, 0.15) is 53.0 Å². The number of H-pyrrole nitrogens is 1. The molecular weight excluding hydrogens is 404 g/mol. The Morgan fingerprint density at radius 2 is 1.66 bits per heavy atom. The molecule has 2 rings (SSSR count). The quantitative estimate of drug-likeness (QED) is 0.575. The van der Waals surface area contributed by atoms with Crippen LogP contribution in [0, 0.1) is 0 Å². The lowest BCUT2D eigenvalue weighted by molar-refractivity contribution is -0.142. The van der Waals surface area contributed by atoms with Crippen molar-refractivity contribution in [1.82, 2.24) is 14.9 Å². The van der Waals surface area contributed by atoms with Gasteiger partial charge in [0, 0.05) is 8.47 Å². The molecule has 29 heavy (non-hydrogen) atoms. The standard InChI is InChI=1S/C16H17F6N3O2.C2H6.H2/c1-14(2,3)27-13(26)25(4)7-11-23-10-6-8(15(17,18)19)5-9(12(10)24-11)16(20,21)22;1-2;/h5-6H,7H2,1-4H3,(H,23,24);1-2H3;1H. The first kappa shape index (κ1) is 24.6. The monoisotopic (exact) mass is 429 g/mol. The van der Waals surface area contributed by atoms with Gasteiger partial charge in [0.05, 0.1) is 23.2 Å². The van der Waals surface area contributed by atoms with Crippen LogP contribution >= 0.6 is 0 Å². The minimum Gasteiger partial charge on any atom is -0.444 e. The summed E-state index contributed by atoms with van der Waals surface area (Å²) in [6.07, 6.45) is -10.7. The number of amides is 1. The summed E-state index contributed by atoms with van der Waals surface area (Å²) >= 11 is 0. The first-order chi connectivity index (χ1) is 13.1. The predicted molar refractivity (Wildman–Crippen MR) is 97.3 cm³/mol. The summed E-state index contributed by atoms with van der Waals surface area (Å²) in [7, 11) is 1.33. The number of carbonyl (C=O) groups excluding carboxylic acids is 1. The van der Waals surface area contributed by atoms with E-state index in [1.165, 1.54) is 7.05 Å². The number of aromatic nitrogens is 2. The topological polar surface area (TPSA) is 58.2 Å². The highest BCUT2D eigenvalue weighted by Gasteiger charge is 2.39. The molecule has 0 aliphatic heterocycles. The van der Waals surface area contributed by atoms with E-state index >= 15 is 0 Å². The van der Waals surface area contributed by atoms with Crippen LogP contribution in [0.15, 0.2) is 12.1 Å². The van der Waals surface area contributed by atoms with Crippen LogP contribution in [0.5, 0.6) is 0 Å². The second-order valence-corrected chi connectivity index (χ2v) is 6.94. The molecule has 0 atom stereocenters. The summed E-state index contributed by atoms with van der Waals surface area (Å²) in [4.78, 5) is 19.1. The molecule has 0 unspecified atom stereocenters. The Balaban J connectivity index is 0.00000272. The van der Waals surface area contributed by atoms with Gasteiger partial charge in [-0.3, -0.25) is 0 Å². The Labute approximate surface area is 165 Å². The van der Waals surface area contributed by atoms with Crippen molar-refractivity contribution < 1.29 is 37.3 Å². The molecule has 0 spiro atoms. The molecule has 1 aromatic heterocycles. The molecule has 0 aliphatic carbocycles. The normalized spacial score (nSPS) is 12.4. The van der Waals surface area contributed by atoms with Crippen LogP contribution in [-0.2, 0) is 23.6 Å². The summed E-state index contributed by atoms with van der Waals surface area (Å²) in [5.41, 5.74) is -4.81. The number of hydrogen-bond donors (Lipinski definition) is 1. The van der Waals surface area contributed by atoms with Crippen molar-refractivity contribution in [3.8, 4) is 0 Å². The number of halogens is 6. The third-order valence-electron chi connectivity index (χ3n) is 3.36. The van der Waals surface area contributed by atoms with Crippen molar-refractivity contribution in [2.45, 2.75) is 59.1 Å². The fraction of sp³-hybridized carbons (Fsp3) is 0.556. The molecule has 1 heterocycles. The number of nitrogens with zero attached hydrogens (tertiary/aromatic N) is 2. The van der Waals surface area contributed by atoms with Gasteiger partial charge in [0.15, 0.2) is 0 Å². The molecule has 0 fully saturated rings. The fourth-order valence-electron chi connectivity index (χ4n) is 2.25. The molecule has 0 radical (unpaired) electrons. The number of imidazole rings is 1. The van der Waals surface area contributed by atoms with Crippen LogP contribution < -0.4 is 0 Å². The Morgan fingerprint density at radius 3 is 2.10 bits per heavy atom. The van der Waals surface area contributed by atoms with E-state index in [1.54, 1.807) is 20.8 Å². The lowest BCUT2D eigenvalue weighted by Gasteiger charge is -2.24. The molecule has 1 N–H and O–H groups in total. The molecule has 1 amide bonds. The highest BCUT2D eigenvalue weighted by atomic mass is 19.4. The van der Waals surface area contributed by atoms with Gasteiger partial charge in [0.25, 0.3) is 0 Å². The third-order valence-corrected chi connectivity index (χ3v) is 3.36. The van der Waals surface area contributed by atoms with Crippen molar-refractivity contribution in [3.05, 3.63) is 29.1 Å². The number of benzene rings is 1. The zero-order chi connectivity index (χ0) is 22.8. The first-order valence-electron chi connectivity index (χ1n) is 8.69. The number of aromatic amines is 1. The van der Waals surface area contributed by atoms with Gasteiger partial charge in [0.2, 0.25) is 0 Å². The van der Waals surface area contributed by atoms with Gasteiger partial charge in [-0.1, -0.05) is 13.8 Å². The first-order valence-corrected chi connectivity index (χ1v) is 8.69. The zero-order valence-corrected chi connectivity index (χ0v) is 16.8. The summed E-state index contributed by atoms with van der Waals surface area (Å²) in [6.45, 7) is 8.62. The highest BCUT2D eigenvalue weighted by molar-refractivity contribution is 5.80. The van der Waals surface area contributed by atoms with E-state index < -0.39 is 46.2 Å². The minimum atomic E-state index is -5.02. The third kappa shape index (κ3) is 6.53. The van der Waals surface area contributed by atoms with E-state index in [4.69, 9.17) is 4.74 Å². The number of hydrogen-bond acceptors (Lipinski definition) is 3. The maximum Gasteiger partial charge on any atom is 0.418 e. The van der Waals surface area contributed by atoms with Crippen LogP contribution in [0.4, 0.5) is 31.1 Å². The van der Waals surface area contributed by atoms with E-state index in [2.05, 4.69) is 9.97 Å². The molecule has 0 aliphatic rings. The Kier molecular flexibility index (Phi) is 7.20. The molecule has 0 bridgehead atoms. The second kappa shape index (κ2) is 8.50. The largest absolute Gasteiger partial charge is 0.444 e. The average molecular weight is 429 g/mol. The van der Waals surface area contributed by atoms with E-state index in [0.717, 1.165) is 4.90 Å². The average Bonchev–Trinajstić information content (AvgIpc) is 2.94. The summed E-state index contributed by atoms with van der Waals surface area (Å²) < 4.78 is 83.3. The van der Waals surface area contributed by atoms with Gasteiger partial charge in [-0.25, -0.2) is 9.78 Å². The van der Waals surface area contributed by atoms with Crippen molar-refractivity contribution in [2.24, 2.45) is 0 Å². The van der Waals surface area contributed by atoms with Crippen molar-refractivity contribution in [2.75, 3.05) is 7.05 Å². The van der Waals surface area contributed by atoms with Crippen LogP contribution in [0.2, 0.25) is 0 Å². The summed E-state index contributed by atoms with van der Waals surface area (Å²) in [6, 6.07) is 0.569. The SMILES string of the molecule is CC.CN(Cc1nc2c(C(F)(F)F)cc(C(F)(F)F)cc2[nH]1)C(=O)OC(C)(C)C.[HH]. The number of rotatable bonds is 2. The number of carbonyl (C=O) groups is 1. The number of nitrogens with one attached hydrogen (secondary N) is 1. The van der Waals surface area contributed by atoms with Gasteiger partial charge in [-0.05, 0) is 32.9 Å². The van der Waals surface area contributed by atoms with E-state index in [-0.39, 0.29) is 19.9 Å². The van der Waals surface area contributed by atoms with Gasteiger partial charge in [0.1, 0.15) is 16.9 Å². The molecule has 166 valence electrons. The minimum absolute atomic E-state index is 0. The van der Waals surface area contributed by atoms with E-state index in [1.807, 2.05) is 13.8 Å². The zero-order valence-electron chi connectivity index (χ0n) is 16.8. The molecule has 0 saturated carbocycles. The van der Waals surface area contributed by atoms with Gasteiger partial charge >= 0.3 is 18.4 Å². The molecular formula is C18H25F6N3O2. The lowest BCUT2D eigenvalue weighted by Crippen LogP contribution is -2.34. The van der Waals surface area contributed by atoms with E-state index in [0.29, 0.717) is 6.07 Å². The maximum absolute atomic E-state index is 13.2. The number of ether oxygens (including phenoxy) is 1. The Hall–Kier alpha value is -2.46. The lowest BCUT2D eigenvalue weighted by atomic mass is 10.1. The summed E-state index contributed by atoms with van der Waals surface area (Å²) in [5, 5.41) is 0. The maximum atomic E-state index is 13.2. The van der Waals surface area contributed by atoms with Gasteiger partial charge in [-0.15, -0.1) is 0 Å². The van der Waals surface area contributed by atoms with Crippen LogP contribution in [0.25, 0.3) is 11.0 Å². The molecule has 1 aromatic carbocycles. The Morgan fingerprint density at radius 1 is 1.10 bits per heavy atom. The second-order valence-electron chi connectivity index (χ2n) is 6.94. The van der Waals surface area contributed by atoms with Crippen LogP contribution in [-0.4, -0.2) is 33.6 Å². The highest BCUT2D eigenvalue weighted by Crippen LogP contribution is 2.39. The van der Waals surface area contributed by atoms with Crippen LogP contribution in [0.3, 0.4) is 0 Å². The van der Waals surface area contributed by atoms with Crippen molar-refractivity contribution >= 4 is 17.1 Å². The van der Waals surface area contributed by atoms with E-state index in [9.17, 15) is 31.1 Å². The molecule has 5 nitrogen and oxygen atoms in total. The van der Waals surface area contributed by atoms with Crippen molar-refractivity contribution in [3.63, 3.8) is 0 Å². The molecule has 11 heteroatoms. The van der Waals surface area contributed by atoms with Gasteiger partial charge in [-0.2, -0.15) is 26.3 Å². The van der Waals surface area contributed by atoms with Crippen molar-refractivity contribution in [1.29, 1.82) is 0 Å². The molecule has 2 aromatic rings. The van der Waals surface area contributed by atoms with Gasteiger partial charge < -0.3 is 14.6 Å². The number of alkyl halides is 6. The molecule has 0 saturated heterocycles. The fourth-order valence-corrected chi connectivity index (χ4v) is 2.25. The number of fused-ring (bicyclic) bond motifs is 1. The smallest absolute Gasteiger partial charge is 0.418 e.